The first-order valence-electron chi connectivity index (χ1n) is 10.4. The van der Waals surface area contributed by atoms with Gasteiger partial charge in [-0.1, -0.05) is 48.5 Å². The first-order chi connectivity index (χ1) is 14.1. The molecule has 1 aliphatic rings. The number of rotatable bonds is 5. The molecule has 0 amide bonds. The van der Waals surface area contributed by atoms with Crippen LogP contribution in [0.1, 0.15) is 42.1 Å². The third kappa shape index (κ3) is 4.34. The maximum atomic E-state index is 11.5. The Morgan fingerprint density at radius 3 is 2.07 bits per heavy atom. The average Bonchev–Trinajstić information content (AvgIpc) is 2.76. The number of benzene rings is 3. The van der Waals surface area contributed by atoms with Crippen molar-refractivity contribution in [1.82, 2.24) is 0 Å². The lowest BCUT2D eigenvalue weighted by Crippen LogP contribution is -2.30. The second-order valence-corrected chi connectivity index (χ2v) is 7.85. The number of aryl methyl sites for hydroxylation is 1. The van der Waals surface area contributed by atoms with Crippen LogP contribution in [0.25, 0.3) is 11.1 Å². The number of nitrogens with one attached hydrogen (secondary N) is 1. The zero-order chi connectivity index (χ0) is 20.2. The molecule has 4 rings (SSSR count). The Bertz CT molecular complexity index is 984. The largest absolute Gasteiger partial charge is 0.370 e. The van der Waals surface area contributed by atoms with Gasteiger partial charge in [-0.15, -0.1) is 0 Å². The fourth-order valence-corrected chi connectivity index (χ4v) is 4.00. The van der Waals surface area contributed by atoms with Crippen LogP contribution in [0.2, 0.25) is 0 Å². The normalized spacial score (nSPS) is 13.9. The minimum Gasteiger partial charge on any atom is -0.370 e. The molecule has 0 atom stereocenters. The van der Waals surface area contributed by atoms with E-state index in [1.54, 1.807) is 6.92 Å². The van der Waals surface area contributed by atoms with E-state index in [2.05, 4.69) is 59.6 Å². The molecule has 1 saturated heterocycles. The van der Waals surface area contributed by atoms with Crippen molar-refractivity contribution >= 4 is 22.8 Å². The first-order valence-corrected chi connectivity index (χ1v) is 10.4. The number of hydrogen-bond acceptors (Lipinski definition) is 3. The van der Waals surface area contributed by atoms with E-state index in [-0.39, 0.29) is 5.78 Å². The van der Waals surface area contributed by atoms with Crippen LogP contribution in [0, 0.1) is 6.92 Å². The summed E-state index contributed by atoms with van der Waals surface area (Å²) in [5.41, 5.74) is 7.86. The fourth-order valence-electron chi connectivity index (χ4n) is 4.00. The van der Waals surface area contributed by atoms with Crippen LogP contribution in [0.5, 0.6) is 0 Å². The number of nitrogens with zero attached hydrogens (tertiary/aromatic N) is 1. The number of hydrogen-bond donors (Lipinski definition) is 1. The Labute approximate surface area is 173 Å². The highest BCUT2D eigenvalue weighted by Gasteiger charge is 2.16. The Morgan fingerprint density at radius 2 is 1.45 bits per heavy atom. The SMILES string of the molecule is CC(=O)c1ccc(-c2ccc(Nc3c(C)cccc3N3CCCCC3)cc2)cc1. The van der Waals surface area contributed by atoms with E-state index in [1.807, 2.05) is 24.3 Å². The maximum Gasteiger partial charge on any atom is 0.159 e. The molecule has 0 bridgehead atoms. The second-order valence-electron chi connectivity index (χ2n) is 7.85. The number of carbonyl (C=O) groups excluding carboxylic acids is 1. The Morgan fingerprint density at radius 1 is 0.828 bits per heavy atom. The predicted octanol–water partition coefficient (Wildman–Crippen LogP) is 6.60. The van der Waals surface area contributed by atoms with Crippen LogP contribution < -0.4 is 10.2 Å². The zero-order valence-electron chi connectivity index (χ0n) is 17.2. The summed E-state index contributed by atoms with van der Waals surface area (Å²) >= 11 is 0. The van der Waals surface area contributed by atoms with Gasteiger partial charge in [0.05, 0.1) is 11.4 Å². The summed E-state index contributed by atoms with van der Waals surface area (Å²) in [6.07, 6.45) is 3.87. The summed E-state index contributed by atoms with van der Waals surface area (Å²) in [4.78, 5) is 14.0. The Hall–Kier alpha value is -3.07. The van der Waals surface area contributed by atoms with Crippen LogP contribution in [-0.2, 0) is 0 Å². The predicted molar refractivity (Wildman–Crippen MR) is 122 cm³/mol. The van der Waals surface area contributed by atoms with E-state index in [4.69, 9.17) is 0 Å². The van der Waals surface area contributed by atoms with Crippen molar-refractivity contribution in [2.24, 2.45) is 0 Å². The van der Waals surface area contributed by atoms with Crippen LogP contribution in [-0.4, -0.2) is 18.9 Å². The van der Waals surface area contributed by atoms with Crippen molar-refractivity contribution < 1.29 is 4.79 Å². The van der Waals surface area contributed by atoms with Crippen LogP contribution in [0.4, 0.5) is 17.1 Å². The second kappa shape index (κ2) is 8.52. The lowest BCUT2D eigenvalue weighted by Gasteiger charge is -2.31. The van der Waals surface area contributed by atoms with Gasteiger partial charge < -0.3 is 10.2 Å². The third-order valence-electron chi connectivity index (χ3n) is 5.73. The van der Waals surface area contributed by atoms with Gasteiger partial charge in [-0.25, -0.2) is 0 Å². The summed E-state index contributed by atoms with van der Waals surface area (Å²) in [6, 6.07) is 22.9. The molecule has 1 aliphatic heterocycles. The smallest absolute Gasteiger partial charge is 0.159 e. The van der Waals surface area contributed by atoms with Crippen molar-refractivity contribution in [2.45, 2.75) is 33.1 Å². The highest BCUT2D eigenvalue weighted by atomic mass is 16.1. The van der Waals surface area contributed by atoms with E-state index in [0.717, 1.165) is 35.5 Å². The average molecular weight is 385 g/mol. The van der Waals surface area contributed by atoms with Gasteiger partial charge in [-0.05, 0) is 68.0 Å². The van der Waals surface area contributed by atoms with Crippen molar-refractivity contribution in [3.63, 3.8) is 0 Å². The number of para-hydroxylation sites is 1. The van der Waals surface area contributed by atoms with Crippen LogP contribution in [0.15, 0.2) is 66.7 Å². The minimum absolute atomic E-state index is 0.0961. The number of anilines is 3. The summed E-state index contributed by atoms with van der Waals surface area (Å²) in [5, 5.41) is 3.65. The molecule has 1 N–H and O–H groups in total. The van der Waals surface area contributed by atoms with Crippen molar-refractivity contribution in [1.29, 1.82) is 0 Å². The molecule has 1 heterocycles. The lowest BCUT2D eigenvalue weighted by atomic mass is 10.0. The molecule has 3 heteroatoms. The fraction of sp³-hybridized carbons (Fsp3) is 0.269. The van der Waals surface area contributed by atoms with Gasteiger partial charge in [-0.3, -0.25) is 4.79 Å². The number of ketones is 1. The summed E-state index contributed by atoms with van der Waals surface area (Å²) < 4.78 is 0. The summed E-state index contributed by atoms with van der Waals surface area (Å²) in [6.45, 7) is 6.03. The molecule has 3 aromatic carbocycles. The third-order valence-corrected chi connectivity index (χ3v) is 5.73. The first kappa shape index (κ1) is 19.3. The molecule has 0 saturated carbocycles. The number of carbonyl (C=O) groups is 1. The van der Waals surface area contributed by atoms with E-state index in [9.17, 15) is 4.79 Å². The molecular formula is C26H28N2O. The van der Waals surface area contributed by atoms with Gasteiger partial charge in [0.25, 0.3) is 0 Å². The molecule has 148 valence electrons. The zero-order valence-corrected chi connectivity index (χ0v) is 17.2. The van der Waals surface area contributed by atoms with E-state index >= 15 is 0 Å². The van der Waals surface area contributed by atoms with E-state index in [1.165, 1.54) is 36.2 Å². The quantitative estimate of drug-likeness (QED) is 0.503. The molecule has 0 radical (unpaired) electrons. The van der Waals surface area contributed by atoms with Gasteiger partial charge >= 0.3 is 0 Å². The van der Waals surface area contributed by atoms with Crippen molar-refractivity contribution in [3.05, 3.63) is 77.9 Å². The van der Waals surface area contributed by atoms with Gasteiger partial charge in [-0.2, -0.15) is 0 Å². The lowest BCUT2D eigenvalue weighted by molar-refractivity contribution is 0.101. The molecule has 3 nitrogen and oxygen atoms in total. The van der Waals surface area contributed by atoms with Gasteiger partial charge in [0.1, 0.15) is 0 Å². The standard InChI is InChI=1S/C26H28N2O/c1-19-7-6-8-25(28-17-4-3-5-18-28)26(19)27-24-15-13-23(14-16-24)22-11-9-21(10-12-22)20(2)29/h6-16,27H,3-5,17-18H2,1-2H3. The molecule has 0 unspecified atom stereocenters. The molecule has 0 aromatic heterocycles. The molecule has 0 aliphatic carbocycles. The Balaban J connectivity index is 1.55. The van der Waals surface area contributed by atoms with Crippen LogP contribution in [0.3, 0.4) is 0 Å². The number of piperidine rings is 1. The highest BCUT2D eigenvalue weighted by molar-refractivity contribution is 5.94. The van der Waals surface area contributed by atoms with Crippen molar-refractivity contribution in [2.75, 3.05) is 23.3 Å². The molecule has 3 aromatic rings. The minimum atomic E-state index is 0.0961. The van der Waals surface area contributed by atoms with Gasteiger partial charge in [0.2, 0.25) is 0 Å². The van der Waals surface area contributed by atoms with Crippen LogP contribution >= 0.6 is 0 Å². The Kier molecular flexibility index (Phi) is 5.66. The molecule has 1 fully saturated rings. The molecular weight excluding hydrogens is 356 g/mol. The number of Topliss-reactive ketones (excluding diaryl/α,β-unsaturated/α-hetero) is 1. The van der Waals surface area contributed by atoms with E-state index in [0.29, 0.717) is 0 Å². The molecule has 29 heavy (non-hydrogen) atoms. The highest BCUT2D eigenvalue weighted by Crippen LogP contribution is 2.34. The topological polar surface area (TPSA) is 32.3 Å². The monoisotopic (exact) mass is 384 g/mol. The van der Waals surface area contributed by atoms with Gasteiger partial charge in [0.15, 0.2) is 5.78 Å². The summed E-state index contributed by atoms with van der Waals surface area (Å²) in [5.74, 6) is 0.0961. The van der Waals surface area contributed by atoms with Gasteiger partial charge in [0, 0.05) is 24.3 Å². The molecule has 0 spiro atoms. The maximum absolute atomic E-state index is 11.5. The van der Waals surface area contributed by atoms with Crippen molar-refractivity contribution in [3.8, 4) is 11.1 Å². The van der Waals surface area contributed by atoms with E-state index < -0.39 is 0 Å². The summed E-state index contributed by atoms with van der Waals surface area (Å²) in [7, 11) is 0.